The lowest BCUT2D eigenvalue weighted by Gasteiger charge is -2.12. The fourth-order valence-electron chi connectivity index (χ4n) is 3.94. The first-order chi connectivity index (χ1) is 17.7. The third-order valence-corrected chi connectivity index (χ3v) is 5.75. The minimum atomic E-state index is -0.373. The van der Waals surface area contributed by atoms with Crippen LogP contribution in [0.4, 0.5) is 5.69 Å². The Kier molecular flexibility index (Phi) is 6.71. The molecule has 2 N–H and O–H groups in total. The van der Waals surface area contributed by atoms with Gasteiger partial charge in [-0.15, -0.1) is 0 Å². The zero-order valence-electron chi connectivity index (χ0n) is 19.4. The molecule has 0 atom stereocenters. The smallest absolute Gasteiger partial charge is 0.291 e. The largest absolute Gasteiger partial charge is 0.459 e. The summed E-state index contributed by atoms with van der Waals surface area (Å²) in [5.41, 5.74) is 5.27. The van der Waals surface area contributed by atoms with E-state index in [1.807, 2.05) is 35.1 Å². The first-order valence-electron chi connectivity index (χ1n) is 11.5. The van der Waals surface area contributed by atoms with Gasteiger partial charge in [0.15, 0.2) is 5.76 Å². The molecule has 3 aromatic carbocycles. The molecule has 36 heavy (non-hydrogen) atoms. The number of anilines is 1. The molecule has 0 saturated carbocycles. The molecule has 5 aromatic rings. The summed E-state index contributed by atoms with van der Waals surface area (Å²) in [5.74, 6) is -0.397. The fraction of sp³-hybridized carbons (Fsp3) is 0.0690. The van der Waals surface area contributed by atoms with Crippen LogP contribution in [-0.4, -0.2) is 21.6 Å². The van der Waals surface area contributed by atoms with Crippen molar-refractivity contribution >= 4 is 17.5 Å². The fourth-order valence-corrected chi connectivity index (χ4v) is 3.94. The standard InChI is InChI=1S/C29H24N4O3/c34-28(23-7-3-8-25(18-23)32-29(35)27-10-4-17-36-27)30-19-24-6-1-2-9-26(24)22-13-11-21(12-14-22)20-33-16-5-15-31-33/h1-18H,19-20H2,(H,30,34)(H,32,35). The van der Waals surface area contributed by atoms with E-state index in [1.165, 1.54) is 6.26 Å². The van der Waals surface area contributed by atoms with E-state index in [-0.39, 0.29) is 17.6 Å². The number of carbonyl (C=O) groups is 2. The number of furan rings is 1. The Balaban J connectivity index is 1.25. The third-order valence-electron chi connectivity index (χ3n) is 5.75. The van der Waals surface area contributed by atoms with Crippen molar-refractivity contribution in [2.75, 3.05) is 5.32 Å². The van der Waals surface area contributed by atoms with E-state index in [4.69, 9.17) is 4.42 Å². The molecule has 7 nitrogen and oxygen atoms in total. The first-order valence-corrected chi connectivity index (χ1v) is 11.5. The van der Waals surface area contributed by atoms with Crippen LogP contribution in [0.25, 0.3) is 11.1 Å². The predicted molar refractivity (Wildman–Crippen MR) is 137 cm³/mol. The number of rotatable bonds is 8. The van der Waals surface area contributed by atoms with Crippen LogP contribution >= 0.6 is 0 Å². The molecule has 5 rings (SSSR count). The number of benzene rings is 3. The molecule has 0 aliphatic heterocycles. The summed E-state index contributed by atoms with van der Waals surface area (Å²) in [6, 6.07) is 28.3. The van der Waals surface area contributed by atoms with Crippen LogP contribution < -0.4 is 10.6 Å². The minimum absolute atomic E-state index is 0.205. The van der Waals surface area contributed by atoms with Crippen LogP contribution in [-0.2, 0) is 13.1 Å². The number of nitrogens with one attached hydrogen (secondary N) is 2. The van der Waals surface area contributed by atoms with Gasteiger partial charge in [0.05, 0.1) is 12.8 Å². The molecule has 0 spiro atoms. The minimum Gasteiger partial charge on any atom is -0.459 e. The van der Waals surface area contributed by atoms with Gasteiger partial charge in [-0.1, -0.05) is 54.6 Å². The molecule has 0 aliphatic rings. The number of carbonyl (C=O) groups excluding carboxylic acids is 2. The second kappa shape index (κ2) is 10.6. The summed E-state index contributed by atoms with van der Waals surface area (Å²) in [5, 5.41) is 9.99. The van der Waals surface area contributed by atoms with Crippen molar-refractivity contribution in [3.05, 3.63) is 132 Å². The van der Waals surface area contributed by atoms with Gasteiger partial charge in [0, 0.05) is 30.2 Å². The molecule has 0 bridgehead atoms. The Morgan fingerprint density at radius 1 is 0.861 bits per heavy atom. The Bertz CT molecular complexity index is 1460. The summed E-state index contributed by atoms with van der Waals surface area (Å²) < 4.78 is 7.00. The van der Waals surface area contributed by atoms with Crippen molar-refractivity contribution in [1.82, 2.24) is 15.1 Å². The highest BCUT2D eigenvalue weighted by Crippen LogP contribution is 2.24. The van der Waals surface area contributed by atoms with Gasteiger partial charge in [0.25, 0.3) is 11.8 Å². The summed E-state index contributed by atoms with van der Waals surface area (Å²) in [4.78, 5) is 25.1. The quantitative estimate of drug-likeness (QED) is 0.315. The van der Waals surface area contributed by atoms with E-state index in [0.717, 1.165) is 22.3 Å². The zero-order chi connectivity index (χ0) is 24.7. The Labute approximate surface area is 208 Å². The monoisotopic (exact) mass is 476 g/mol. The molecule has 7 heteroatoms. The maximum absolute atomic E-state index is 12.9. The molecular formula is C29H24N4O3. The van der Waals surface area contributed by atoms with Gasteiger partial charge in [-0.05, 0) is 58.7 Å². The maximum Gasteiger partial charge on any atom is 0.291 e. The average molecular weight is 477 g/mol. The summed E-state index contributed by atoms with van der Waals surface area (Å²) in [6.45, 7) is 1.08. The maximum atomic E-state index is 12.9. The Hall–Kier alpha value is -4.91. The third kappa shape index (κ3) is 5.42. The SMILES string of the molecule is O=C(NCc1ccccc1-c1ccc(Cn2cccn2)cc1)c1cccc(NC(=O)c2ccco2)c1. The van der Waals surface area contributed by atoms with Crippen LogP contribution in [0, 0.1) is 0 Å². The number of hydrogen-bond donors (Lipinski definition) is 2. The zero-order valence-corrected chi connectivity index (χ0v) is 19.4. The van der Waals surface area contributed by atoms with Gasteiger partial charge in [-0.25, -0.2) is 0 Å². The molecule has 178 valence electrons. The summed E-state index contributed by atoms with van der Waals surface area (Å²) in [6.07, 6.45) is 5.15. The number of aromatic nitrogens is 2. The molecule has 0 aliphatic carbocycles. The Morgan fingerprint density at radius 2 is 1.72 bits per heavy atom. The van der Waals surface area contributed by atoms with Gasteiger partial charge in [-0.2, -0.15) is 5.10 Å². The molecule has 0 unspecified atom stereocenters. The highest BCUT2D eigenvalue weighted by atomic mass is 16.3. The van der Waals surface area contributed by atoms with Gasteiger partial charge < -0.3 is 15.1 Å². The second-order valence-corrected chi connectivity index (χ2v) is 8.25. The normalized spacial score (nSPS) is 10.7. The van der Waals surface area contributed by atoms with Crippen molar-refractivity contribution in [3.8, 4) is 11.1 Å². The van der Waals surface area contributed by atoms with Crippen molar-refractivity contribution in [2.45, 2.75) is 13.1 Å². The summed E-state index contributed by atoms with van der Waals surface area (Å²) in [7, 11) is 0. The topological polar surface area (TPSA) is 89.2 Å². The van der Waals surface area contributed by atoms with Crippen LogP contribution in [0.3, 0.4) is 0 Å². The van der Waals surface area contributed by atoms with Crippen LogP contribution in [0.5, 0.6) is 0 Å². The molecular weight excluding hydrogens is 452 g/mol. The Morgan fingerprint density at radius 3 is 2.50 bits per heavy atom. The predicted octanol–water partition coefficient (Wildman–Crippen LogP) is 5.37. The lowest BCUT2D eigenvalue weighted by Crippen LogP contribution is -2.23. The van der Waals surface area contributed by atoms with E-state index in [0.29, 0.717) is 24.3 Å². The molecule has 2 amide bonds. The molecule has 0 radical (unpaired) electrons. The van der Waals surface area contributed by atoms with E-state index in [9.17, 15) is 9.59 Å². The molecule has 2 heterocycles. The van der Waals surface area contributed by atoms with Crippen molar-refractivity contribution in [2.24, 2.45) is 0 Å². The average Bonchev–Trinajstić information content (AvgIpc) is 3.63. The van der Waals surface area contributed by atoms with E-state index in [1.54, 1.807) is 42.6 Å². The van der Waals surface area contributed by atoms with Gasteiger partial charge >= 0.3 is 0 Å². The second-order valence-electron chi connectivity index (χ2n) is 8.25. The van der Waals surface area contributed by atoms with E-state index < -0.39 is 0 Å². The highest BCUT2D eigenvalue weighted by Gasteiger charge is 2.12. The lowest BCUT2D eigenvalue weighted by atomic mass is 9.98. The van der Waals surface area contributed by atoms with Crippen molar-refractivity contribution in [3.63, 3.8) is 0 Å². The molecule has 0 fully saturated rings. The molecule has 0 saturated heterocycles. The van der Waals surface area contributed by atoms with Crippen LogP contribution in [0.15, 0.2) is 114 Å². The van der Waals surface area contributed by atoms with Crippen molar-refractivity contribution < 1.29 is 14.0 Å². The van der Waals surface area contributed by atoms with E-state index in [2.05, 4.69) is 46.1 Å². The van der Waals surface area contributed by atoms with Gasteiger partial charge in [0.2, 0.25) is 0 Å². The number of hydrogen-bond acceptors (Lipinski definition) is 4. The number of amides is 2. The van der Waals surface area contributed by atoms with E-state index >= 15 is 0 Å². The molecule has 2 aromatic heterocycles. The van der Waals surface area contributed by atoms with Crippen molar-refractivity contribution in [1.29, 1.82) is 0 Å². The number of nitrogens with zero attached hydrogens (tertiary/aromatic N) is 2. The highest BCUT2D eigenvalue weighted by molar-refractivity contribution is 6.03. The van der Waals surface area contributed by atoms with Crippen LogP contribution in [0.1, 0.15) is 32.0 Å². The first kappa shape index (κ1) is 22.9. The lowest BCUT2D eigenvalue weighted by molar-refractivity contribution is 0.0949. The van der Waals surface area contributed by atoms with Gasteiger partial charge in [-0.3, -0.25) is 14.3 Å². The summed E-state index contributed by atoms with van der Waals surface area (Å²) >= 11 is 0. The van der Waals surface area contributed by atoms with Gasteiger partial charge in [0.1, 0.15) is 0 Å². The van der Waals surface area contributed by atoms with Crippen LogP contribution in [0.2, 0.25) is 0 Å².